The van der Waals surface area contributed by atoms with Gasteiger partial charge >= 0.3 is 0 Å². The highest BCUT2D eigenvalue weighted by molar-refractivity contribution is 5.78. The summed E-state index contributed by atoms with van der Waals surface area (Å²) in [5, 5.41) is 0. The van der Waals surface area contributed by atoms with E-state index < -0.39 is 0 Å². The lowest BCUT2D eigenvalue weighted by atomic mass is 9.89. The molecule has 0 N–H and O–H groups in total. The van der Waals surface area contributed by atoms with Crippen molar-refractivity contribution in [2.75, 3.05) is 95.6 Å². The minimum absolute atomic E-state index is 0.360. The highest BCUT2D eigenvalue weighted by atomic mass is 15.5. The minimum atomic E-state index is 0.360. The summed E-state index contributed by atoms with van der Waals surface area (Å²) < 4.78 is 0. The van der Waals surface area contributed by atoms with Gasteiger partial charge in [-0.05, 0) is 123 Å². The second-order valence-electron chi connectivity index (χ2n) is 16.6. The van der Waals surface area contributed by atoms with Gasteiger partial charge in [0.15, 0.2) is 11.6 Å². The maximum atomic E-state index is 2.76. The summed E-state index contributed by atoms with van der Waals surface area (Å²) in [5.41, 5.74) is 9.98. The number of rotatable bonds is 8. The highest BCUT2D eigenvalue weighted by Crippen LogP contribution is 2.52. The Balaban J connectivity index is 1.43. The van der Waals surface area contributed by atoms with Gasteiger partial charge in [0.05, 0.1) is 24.2 Å². The molecule has 2 saturated carbocycles. The zero-order chi connectivity index (χ0) is 37.7. The fraction of sp³-hybridized carbons (Fsp3) is 0.435. The van der Waals surface area contributed by atoms with Gasteiger partial charge in [0.2, 0.25) is 0 Å². The highest BCUT2D eigenvalue weighted by Gasteiger charge is 2.53. The molecule has 8 heteroatoms. The van der Waals surface area contributed by atoms with Gasteiger partial charge in [0.25, 0.3) is 0 Å². The van der Waals surface area contributed by atoms with E-state index in [1.165, 1.54) is 109 Å². The van der Waals surface area contributed by atoms with E-state index in [9.17, 15) is 0 Å². The molecule has 0 spiro atoms. The molecule has 2 heterocycles. The van der Waals surface area contributed by atoms with Crippen LogP contribution in [-0.4, -0.2) is 80.5 Å². The van der Waals surface area contributed by atoms with Crippen LogP contribution in [0.1, 0.15) is 51.4 Å². The summed E-state index contributed by atoms with van der Waals surface area (Å²) in [6, 6.07) is 38.8. The van der Waals surface area contributed by atoms with Crippen molar-refractivity contribution >= 4 is 45.5 Å². The third kappa shape index (κ3) is 6.37. The number of hydrogen-bond acceptors (Lipinski definition) is 8. The van der Waals surface area contributed by atoms with E-state index in [2.05, 4.69) is 193 Å². The predicted octanol–water partition coefficient (Wildman–Crippen LogP) is 9.05. The average molecular weight is 725 g/mol. The molecule has 4 aliphatic rings. The number of fused-ring (bicyclic) bond motifs is 2. The van der Waals surface area contributed by atoms with Gasteiger partial charge in [-0.15, -0.1) is 0 Å². The maximum absolute atomic E-state index is 2.76. The molecule has 4 fully saturated rings. The fourth-order valence-corrected chi connectivity index (χ4v) is 9.58. The van der Waals surface area contributed by atoms with Crippen molar-refractivity contribution in [1.82, 2.24) is 0 Å². The van der Waals surface area contributed by atoms with Crippen molar-refractivity contribution in [3.63, 3.8) is 0 Å². The number of nitrogens with zero attached hydrogens (tertiary/aromatic N) is 8. The van der Waals surface area contributed by atoms with Crippen LogP contribution in [0.4, 0.5) is 45.5 Å². The van der Waals surface area contributed by atoms with E-state index in [0.717, 1.165) is 0 Å². The lowest BCUT2D eigenvalue weighted by Gasteiger charge is -2.36. The summed E-state index contributed by atoms with van der Waals surface area (Å²) in [6.45, 7) is 0. The summed E-state index contributed by atoms with van der Waals surface area (Å²) in [6.07, 6.45) is 9.69. The molecule has 0 radical (unpaired) electrons. The lowest BCUT2D eigenvalue weighted by molar-refractivity contribution is 0.409. The van der Waals surface area contributed by atoms with Crippen molar-refractivity contribution in [3.8, 4) is 0 Å². The average Bonchev–Trinajstić information content (AvgIpc) is 3.71. The minimum Gasteiger partial charge on any atom is -0.378 e. The molecule has 8 rings (SSSR count). The van der Waals surface area contributed by atoms with Gasteiger partial charge in [-0.25, -0.2) is 0 Å². The van der Waals surface area contributed by atoms with Crippen LogP contribution in [0.25, 0.3) is 0 Å². The molecule has 0 bridgehead atoms. The Hall–Kier alpha value is -4.98. The summed E-state index contributed by atoms with van der Waals surface area (Å²) >= 11 is 0. The summed E-state index contributed by atoms with van der Waals surface area (Å²) in [7, 11) is 17.1. The van der Waals surface area contributed by atoms with E-state index in [4.69, 9.17) is 0 Å². The Morgan fingerprint density at radius 2 is 0.500 bits per heavy atom. The zero-order valence-electron chi connectivity index (χ0n) is 33.8. The summed E-state index contributed by atoms with van der Waals surface area (Å²) in [5.74, 6) is 2.62. The number of hydrogen-bond donors (Lipinski definition) is 0. The molecule has 2 aliphatic carbocycles. The van der Waals surface area contributed by atoms with Gasteiger partial charge in [-0.2, -0.15) is 0 Å². The molecule has 54 heavy (non-hydrogen) atoms. The van der Waals surface area contributed by atoms with Crippen molar-refractivity contribution in [2.45, 2.75) is 75.5 Å². The molecule has 4 atom stereocenters. The molecule has 4 unspecified atom stereocenters. The second kappa shape index (κ2) is 14.7. The predicted molar refractivity (Wildman–Crippen MR) is 232 cm³/mol. The monoisotopic (exact) mass is 724 g/mol. The van der Waals surface area contributed by atoms with Gasteiger partial charge in [0.1, 0.15) is 0 Å². The molecular formula is C46H60N8. The van der Waals surface area contributed by atoms with Crippen molar-refractivity contribution in [3.05, 3.63) is 109 Å². The third-order valence-electron chi connectivity index (χ3n) is 12.4. The van der Waals surface area contributed by atoms with Crippen molar-refractivity contribution in [1.29, 1.82) is 0 Å². The van der Waals surface area contributed by atoms with Crippen LogP contribution < -0.4 is 39.2 Å². The molecule has 2 saturated heterocycles. The summed E-state index contributed by atoms with van der Waals surface area (Å²) in [4.78, 5) is 19.9. The number of benzene rings is 4. The molecule has 2 aliphatic heterocycles. The zero-order valence-corrected chi connectivity index (χ0v) is 33.8. The topological polar surface area (TPSA) is 25.9 Å². The molecule has 8 nitrogen and oxygen atoms in total. The van der Waals surface area contributed by atoms with Crippen molar-refractivity contribution < 1.29 is 0 Å². The van der Waals surface area contributed by atoms with Crippen LogP contribution in [0, 0.1) is 0 Å². The largest absolute Gasteiger partial charge is 0.378 e. The third-order valence-corrected chi connectivity index (χ3v) is 12.4. The van der Waals surface area contributed by atoms with Crippen LogP contribution in [0.3, 0.4) is 0 Å². The van der Waals surface area contributed by atoms with E-state index in [0.29, 0.717) is 24.2 Å². The SMILES string of the molecule is CN(C)c1ccc(N2C(=C3N(c4ccc(N(C)C)cc4)C4CCCCC4N3c3ccc(N(C)C)cc3)N(c3ccc(N(C)C)cc3)C3CCCCC32)cc1. The van der Waals surface area contributed by atoms with E-state index >= 15 is 0 Å². The van der Waals surface area contributed by atoms with Gasteiger partial charge < -0.3 is 39.2 Å². The smallest absolute Gasteiger partial charge is 0.156 e. The van der Waals surface area contributed by atoms with Crippen LogP contribution in [0.2, 0.25) is 0 Å². The van der Waals surface area contributed by atoms with Crippen LogP contribution in [0.15, 0.2) is 109 Å². The van der Waals surface area contributed by atoms with E-state index in [-0.39, 0.29) is 0 Å². The first-order chi connectivity index (χ1) is 26.1. The molecule has 4 aromatic rings. The first-order valence-corrected chi connectivity index (χ1v) is 20.1. The fourth-order valence-electron chi connectivity index (χ4n) is 9.58. The van der Waals surface area contributed by atoms with E-state index in [1.807, 2.05) is 0 Å². The second-order valence-corrected chi connectivity index (χ2v) is 16.6. The normalized spacial score (nSPS) is 22.4. The van der Waals surface area contributed by atoms with Crippen LogP contribution in [0.5, 0.6) is 0 Å². The quantitative estimate of drug-likeness (QED) is 0.178. The number of anilines is 8. The Bertz CT molecular complexity index is 1630. The Morgan fingerprint density at radius 3 is 0.667 bits per heavy atom. The lowest BCUT2D eigenvalue weighted by Crippen LogP contribution is -2.40. The first-order valence-electron chi connectivity index (χ1n) is 20.1. The Morgan fingerprint density at radius 1 is 0.315 bits per heavy atom. The van der Waals surface area contributed by atoms with Gasteiger partial charge in [-0.1, -0.05) is 25.7 Å². The van der Waals surface area contributed by atoms with Gasteiger partial charge in [-0.3, -0.25) is 0 Å². The maximum Gasteiger partial charge on any atom is 0.156 e. The van der Waals surface area contributed by atoms with Gasteiger partial charge in [0, 0.05) is 102 Å². The molecule has 0 aromatic heterocycles. The molecule has 0 amide bonds. The Labute approximate surface area is 324 Å². The molecular weight excluding hydrogens is 665 g/mol. The van der Waals surface area contributed by atoms with Crippen LogP contribution in [-0.2, 0) is 0 Å². The Kier molecular flexibility index (Phi) is 9.80. The van der Waals surface area contributed by atoms with Crippen molar-refractivity contribution in [2.24, 2.45) is 0 Å². The van der Waals surface area contributed by atoms with Crippen LogP contribution >= 0.6 is 0 Å². The van der Waals surface area contributed by atoms with E-state index in [1.54, 1.807) is 0 Å². The molecule has 4 aromatic carbocycles. The standard InChI is InChI=1S/C46H60N8/c1-47(2)33-17-25-37(26-18-33)51-41-13-9-10-14-42(41)52(38-27-19-34(20-28-38)48(3)4)45(51)46-53(39-29-21-35(22-30-39)49(5)6)43-15-11-12-16-44(43)54(46)40-31-23-36(24-32-40)50(7)8/h17-32,41-44H,9-16H2,1-8H3. The first kappa shape index (κ1) is 36.0. The molecule has 284 valence electrons.